The van der Waals surface area contributed by atoms with Crippen LogP contribution in [0.25, 0.3) is 0 Å². The maximum absolute atomic E-state index is 3.88. The van der Waals surface area contributed by atoms with Crippen LogP contribution in [0.1, 0.15) is 59.3 Å². The largest absolute Gasteiger partial charge is 0.311 e. The van der Waals surface area contributed by atoms with Gasteiger partial charge in [0, 0.05) is 5.54 Å². The maximum Gasteiger partial charge on any atom is 0.0176 e. The van der Waals surface area contributed by atoms with Gasteiger partial charge in [-0.25, -0.2) is 0 Å². The summed E-state index contributed by atoms with van der Waals surface area (Å²) in [5.74, 6) is 0. The fraction of sp³-hybridized carbons (Fsp3) is 0.917. The molecular weight excluding hydrogens is 158 g/mol. The molecule has 0 aromatic rings. The average Bonchev–Trinajstić information content (AvgIpc) is 2.17. The van der Waals surface area contributed by atoms with Crippen molar-refractivity contribution >= 4 is 0 Å². The summed E-state index contributed by atoms with van der Waals surface area (Å²) in [5.41, 5.74) is 0.372. The summed E-state index contributed by atoms with van der Waals surface area (Å²) in [7, 11) is 0. The third-order valence-electron chi connectivity index (χ3n) is 3.11. The second kappa shape index (κ2) is 7.37. The van der Waals surface area contributed by atoms with E-state index in [1.165, 1.54) is 38.5 Å². The molecule has 0 rings (SSSR count). The molecule has 1 nitrogen and oxygen atoms in total. The van der Waals surface area contributed by atoms with Crippen molar-refractivity contribution in [2.45, 2.75) is 64.8 Å². The minimum absolute atomic E-state index is 0.372. The van der Waals surface area contributed by atoms with Crippen molar-refractivity contribution in [3.8, 4) is 0 Å². The Balaban J connectivity index is 3.89. The van der Waals surface area contributed by atoms with Gasteiger partial charge in [-0.3, -0.25) is 0 Å². The van der Waals surface area contributed by atoms with Crippen molar-refractivity contribution in [3.63, 3.8) is 0 Å². The SMILES string of the molecule is [CH2]CNC(CC)(CC)CCCCC. The van der Waals surface area contributed by atoms with Crippen molar-refractivity contribution in [1.82, 2.24) is 5.32 Å². The molecule has 0 aliphatic rings. The first-order chi connectivity index (χ1) is 6.24. The first kappa shape index (κ1) is 13.0. The zero-order chi connectivity index (χ0) is 10.2. The zero-order valence-corrected chi connectivity index (χ0v) is 9.66. The highest BCUT2D eigenvalue weighted by atomic mass is 15.0. The fourth-order valence-corrected chi connectivity index (χ4v) is 1.92. The molecule has 1 N–H and O–H groups in total. The summed E-state index contributed by atoms with van der Waals surface area (Å²) in [6.07, 6.45) is 7.79. The van der Waals surface area contributed by atoms with Gasteiger partial charge in [-0.05, 0) is 32.7 Å². The molecule has 0 saturated carbocycles. The number of hydrogen-bond donors (Lipinski definition) is 1. The minimum atomic E-state index is 0.372. The van der Waals surface area contributed by atoms with E-state index in [-0.39, 0.29) is 0 Å². The molecule has 0 saturated heterocycles. The maximum atomic E-state index is 3.88. The highest BCUT2D eigenvalue weighted by Gasteiger charge is 2.23. The number of hydrogen-bond acceptors (Lipinski definition) is 1. The van der Waals surface area contributed by atoms with Gasteiger partial charge >= 0.3 is 0 Å². The van der Waals surface area contributed by atoms with Crippen LogP contribution >= 0.6 is 0 Å². The Labute approximate surface area is 84.3 Å². The molecular formula is C12H26N. The van der Waals surface area contributed by atoms with Crippen LogP contribution in [-0.2, 0) is 0 Å². The molecule has 0 amide bonds. The molecule has 0 heterocycles. The Kier molecular flexibility index (Phi) is 7.35. The molecule has 0 bridgehead atoms. The zero-order valence-electron chi connectivity index (χ0n) is 9.66. The summed E-state index contributed by atoms with van der Waals surface area (Å²) in [5, 5.41) is 3.54. The summed E-state index contributed by atoms with van der Waals surface area (Å²) in [4.78, 5) is 0. The second-order valence-electron chi connectivity index (χ2n) is 3.87. The molecule has 1 radical (unpaired) electrons. The van der Waals surface area contributed by atoms with Crippen LogP contribution in [0.15, 0.2) is 0 Å². The minimum Gasteiger partial charge on any atom is -0.311 e. The summed E-state index contributed by atoms with van der Waals surface area (Å²) < 4.78 is 0. The summed E-state index contributed by atoms with van der Waals surface area (Å²) in [6, 6.07) is 0. The van der Waals surface area contributed by atoms with Crippen molar-refractivity contribution < 1.29 is 0 Å². The van der Waals surface area contributed by atoms with Crippen molar-refractivity contribution in [2.24, 2.45) is 0 Å². The molecule has 0 spiro atoms. The van der Waals surface area contributed by atoms with Crippen LogP contribution in [0.3, 0.4) is 0 Å². The van der Waals surface area contributed by atoms with Gasteiger partial charge in [-0.1, -0.05) is 40.0 Å². The molecule has 0 aromatic heterocycles. The molecule has 13 heavy (non-hydrogen) atoms. The highest BCUT2D eigenvalue weighted by molar-refractivity contribution is 4.85. The smallest absolute Gasteiger partial charge is 0.0176 e. The Hall–Kier alpha value is -0.0400. The quantitative estimate of drug-likeness (QED) is 0.569. The predicted molar refractivity (Wildman–Crippen MR) is 60.8 cm³/mol. The molecule has 0 aliphatic heterocycles. The van der Waals surface area contributed by atoms with E-state index < -0.39 is 0 Å². The molecule has 79 valence electrons. The predicted octanol–water partition coefficient (Wildman–Crippen LogP) is 3.55. The van der Waals surface area contributed by atoms with Crippen LogP contribution in [0.5, 0.6) is 0 Å². The molecule has 0 aliphatic carbocycles. The van der Waals surface area contributed by atoms with Gasteiger partial charge < -0.3 is 5.32 Å². The van der Waals surface area contributed by atoms with Gasteiger partial charge in [0.2, 0.25) is 0 Å². The molecule has 0 fully saturated rings. The topological polar surface area (TPSA) is 12.0 Å². The Morgan fingerprint density at radius 1 is 1.08 bits per heavy atom. The van der Waals surface area contributed by atoms with Gasteiger partial charge in [0.15, 0.2) is 0 Å². The van der Waals surface area contributed by atoms with Gasteiger partial charge in [0.05, 0.1) is 0 Å². The summed E-state index contributed by atoms with van der Waals surface area (Å²) in [6.45, 7) is 11.5. The third kappa shape index (κ3) is 4.66. The monoisotopic (exact) mass is 184 g/mol. The van der Waals surface area contributed by atoms with E-state index in [1.807, 2.05) is 0 Å². The molecule has 0 atom stereocenters. The number of rotatable bonds is 8. The standard InChI is InChI=1S/C12H26N/c1-5-9-10-11-12(6-2,7-3)13-8-4/h13H,4-11H2,1-3H3. The third-order valence-corrected chi connectivity index (χ3v) is 3.11. The lowest BCUT2D eigenvalue weighted by molar-refractivity contribution is 0.281. The van der Waals surface area contributed by atoms with Crippen LogP contribution in [0.4, 0.5) is 0 Å². The van der Waals surface area contributed by atoms with Crippen molar-refractivity contribution in [1.29, 1.82) is 0 Å². The van der Waals surface area contributed by atoms with Gasteiger partial charge in [0.25, 0.3) is 0 Å². The lowest BCUT2D eigenvalue weighted by Gasteiger charge is -2.33. The highest BCUT2D eigenvalue weighted by Crippen LogP contribution is 2.22. The van der Waals surface area contributed by atoms with E-state index in [4.69, 9.17) is 0 Å². The van der Waals surface area contributed by atoms with Crippen molar-refractivity contribution in [3.05, 3.63) is 6.92 Å². The second-order valence-corrected chi connectivity index (χ2v) is 3.87. The van der Waals surface area contributed by atoms with Crippen LogP contribution in [0.2, 0.25) is 0 Å². The Bertz CT molecular complexity index is 106. The Morgan fingerprint density at radius 2 is 1.69 bits per heavy atom. The lowest BCUT2D eigenvalue weighted by Crippen LogP contribution is -2.44. The molecule has 1 heteroatoms. The van der Waals surface area contributed by atoms with Gasteiger partial charge in [-0.15, -0.1) is 0 Å². The Morgan fingerprint density at radius 3 is 2.08 bits per heavy atom. The average molecular weight is 184 g/mol. The normalized spacial score (nSPS) is 12.0. The van der Waals surface area contributed by atoms with E-state index in [0.717, 1.165) is 6.54 Å². The summed E-state index contributed by atoms with van der Waals surface area (Å²) >= 11 is 0. The fourth-order valence-electron chi connectivity index (χ4n) is 1.92. The number of unbranched alkanes of at least 4 members (excludes halogenated alkanes) is 2. The van der Waals surface area contributed by atoms with Gasteiger partial charge in [-0.2, -0.15) is 0 Å². The van der Waals surface area contributed by atoms with E-state index in [1.54, 1.807) is 0 Å². The van der Waals surface area contributed by atoms with Gasteiger partial charge in [0.1, 0.15) is 0 Å². The van der Waals surface area contributed by atoms with E-state index in [9.17, 15) is 0 Å². The van der Waals surface area contributed by atoms with E-state index in [0.29, 0.717) is 5.54 Å². The molecule has 0 aromatic carbocycles. The molecule has 0 unspecified atom stereocenters. The first-order valence-electron chi connectivity index (χ1n) is 5.79. The lowest BCUT2D eigenvalue weighted by atomic mass is 9.87. The van der Waals surface area contributed by atoms with Crippen LogP contribution < -0.4 is 5.32 Å². The van der Waals surface area contributed by atoms with E-state index in [2.05, 4.69) is 33.0 Å². The van der Waals surface area contributed by atoms with Crippen LogP contribution in [0, 0.1) is 6.92 Å². The number of nitrogens with one attached hydrogen (secondary N) is 1. The first-order valence-corrected chi connectivity index (χ1v) is 5.79. The van der Waals surface area contributed by atoms with Crippen LogP contribution in [-0.4, -0.2) is 12.1 Å². The van der Waals surface area contributed by atoms with Crippen molar-refractivity contribution in [2.75, 3.05) is 6.54 Å². The van der Waals surface area contributed by atoms with E-state index >= 15 is 0 Å².